The zero-order valence-electron chi connectivity index (χ0n) is 17.7. The van der Waals surface area contributed by atoms with Gasteiger partial charge in [0.1, 0.15) is 11.0 Å². The Labute approximate surface area is 191 Å². The first-order valence-corrected chi connectivity index (χ1v) is 11.1. The quantitative estimate of drug-likeness (QED) is 0.185. The molecule has 1 atom stereocenters. The van der Waals surface area contributed by atoms with Gasteiger partial charge in [0.15, 0.2) is 16.8 Å². The van der Waals surface area contributed by atoms with Gasteiger partial charge in [-0.3, -0.25) is 9.36 Å². The number of hydrogen-bond donors (Lipinski definition) is 0. The maximum absolute atomic E-state index is 13.5. The van der Waals surface area contributed by atoms with Crippen LogP contribution in [-0.4, -0.2) is 27.7 Å². The number of aromatic nitrogens is 3. The number of para-hydroxylation sites is 1. The van der Waals surface area contributed by atoms with Crippen molar-refractivity contribution in [2.45, 2.75) is 17.0 Å². The summed E-state index contributed by atoms with van der Waals surface area (Å²) in [7, 11) is 1.63. The van der Waals surface area contributed by atoms with E-state index in [0.717, 1.165) is 11.1 Å². The number of allylic oxidation sites excluding steroid dienone is 1. The molecular weight excluding hydrogens is 418 g/mol. The molecule has 0 saturated carbocycles. The summed E-state index contributed by atoms with van der Waals surface area (Å²) in [4.78, 5) is 13.5. The molecule has 0 aliphatic rings. The number of ketones is 1. The van der Waals surface area contributed by atoms with Crippen LogP contribution in [0.15, 0.2) is 103 Å². The van der Waals surface area contributed by atoms with Gasteiger partial charge in [-0.15, -0.1) is 16.8 Å². The first-order chi connectivity index (χ1) is 15.7. The molecule has 0 amide bonds. The molecule has 0 spiro atoms. The maximum atomic E-state index is 13.5. The lowest BCUT2D eigenvalue weighted by Crippen LogP contribution is -2.11. The zero-order valence-corrected chi connectivity index (χ0v) is 18.5. The predicted octanol–water partition coefficient (Wildman–Crippen LogP) is 5.86. The monoisotopic (exact) mass is 441 g/mol. The molecule has 1 unspecified atom stereocenters. The van der Waals surface area contributed by atoms with Crippen LogP contribution in [0, 0.1) is 0 Å². The van der Waals surface area contributed by atoms with E-state index in [2.05, 4.69) is 16.8 Å². The molecular formula is C26H23N3O2S. The van der Waals surface area contributed by atoms with Gasteiger partial charge < -0.3 is 4.74 Å². The maximum Gasteiger partial charge on any atom is 0.192 e. The van der Waals surface area contributed by atoms with Crippen molar-refractivity contribution in [3.8, 4) is 17.1 Å². The highest BCUT2D eigenvalue weighted by Crippen LogP contribution is 2.39. The SMILES string of the molecule is C=CCn1c(SC(C(=O)c2ccccc2)c2ccccc2)nnc1-c1ccccc1OC. The van der Waals surface area contributed by atoms with Gasteiger partial charge >= 0.3 is 0 Å². The summed E-state index contributed by atoms with van der Waals surface area (Å²) in [6, 6.07) is 26.8. The van der Waals surface area contributed by atoms with Crippen molar-refractivity contribution in [3.63, 3.8) is 0 Å². The average molecular weight is 442 g/mol. The number of methoxy groups -OCH3 is 1. The Morgan fingerprint density at radius 2 is 1.66 bits per heavy atom. The second-order valence-corrected chi connectivity index (χ2v) is 8.12. The number of rotatable bonds is 9. The molecule has 0 fully saturated rings. The molecule has 5 nitrogen and oxygen atoms in total. The molecule has 0 bridgehead atoms. The third-order valence-corrected chi connectivity index (χ3v) is 6.23. The minimum absolute atomic E-state index is 0.0220. The Balaban J connectivity index is 1.76. The zero-order chi connectivity index (χ0) is 22.3. The summed E-state index contributed by atoms with van der Waals surface area (Å²) in [6.45, 7) is 4.39. The van der Waals surface area contributed by atoms with E-state index in [0.29, 0.717) is 28.8 Å². The fraction of sp³-hybridized carbons (Fsp3) is 0.115. The molecule has 1 heterocycles. The summed E-state index contributed by atoms with van der Waals surface area (Å²) in [5, 5.41) is 9.08. The second-order valence-electron chi connectivity index (χ2n) is 7.04. The van der Waals surface area contributed by atoms with E-state index in [1.54, 1.807) is 13.2 Å². The molecule has 6 heteroatoms. The molecule has 4 aromatic rings. The number of hydrogen-bond acceptors (Lipinski definition) is 5. The molecule has 0 saturated heterocycles. The van der Waals surface area contributed by atoms with Crippen molar-refractivity contribution < 1.29 is 9.53 Å². The number of benzene rings is 3. The molecule has 160 valence electrons. The van der Waals surface area contributed by atoms with Crippen LogP contribution in [-0.2, 0) is 6.54 Å². The number of ether oxygens (including phenoxy) is 1. The van der Waals surface area contributed by atoms with Crippen molar-refractivity contribution >= 4 is 17.5 Å². The average Bonchev–Trinajstić information content (AvgIpc) is 3.25. The van der Waals surface area contributed by atoms with E-state index in [4.69, 9.17) is 4.74 Å². The fourth-order valence-corrected chi connectivity index (χ4v) is 4.58. The van der Waals surface area contributed by atoms with Crippen LogP contribution in [0.2, 0.25) is 0 Å². The van der Waals surface area contributed by atoms with Crippen LogP contribution in [0.1, 0.15) is 21.2 Å². The summed E-state index contributed by atoms with van der Waals surface area (Å²) in [6.07, 6.45) is 1.79. The summed E-state index contributed by atoms with van der Waals surface area (Å²) >= 11 is 1.39. The van der Waals surface area contributed by atoms with Crippen LogP contribution in [0.25, 0.3) is 11.4 Å². The number of thioether (sulfide) groups is 1. The van der Waals surface area contributed by atoms with Gasteiger partial charge in [0, 0.05) is 12.1 Å². The standard InChI is InChI=1S/C26H23N3O2S/c1-3-18-29-25(21-16-10-11-17-22(21)31-2)27-28-26(29)32-24(20-14-8-5-9-15-20)23(30)19-12-6-4-7-13-19/h3-17,24H,1,18H2,2H3. The Morgan fingerprint density at radius 1 is 1.00 bits per heavy atom. The minimum atomic E-state index is -0.461. The smallest absolute Gasteiger partial charge is 0.192 e. The fourth-order valence-electron chi connectivity index (χ4n) is 3.46. The van der Waals surface area contributed by atoms with Gasteiger partial charge in [-0.05, 0) is 17.7 Å². The van der Waals surface area contributed by atoms with E-state index in [1.807, 2.05) is 89.5 Å². The van der Waals surface area contributed by atoms with Crippen LogP contribution < -0.4 is 4.74 Å². The third kappa shape index (κ3) is 4.50. The van der Waals surface area contributed by atoms with Crippen LogP contribution in [0.3, 0.4) is 0 Å². The number of Topliss-reactive ketones (excluding diaryl/α,β-unsaturated/α-hetero) is 1. The molecule has 0 aliphatic heterocycles. The van der Waals surface area contributed by atoms with Crippen molar-refractivity contribution in [1.82, 2.24) is 14.8 Å². The molecule has 3 aromatic carbocycles. The van der Waals surface area contributed by atoms with E-state index in [1.165, 1.54) is 11.8 Å². The van der Waals surface area contributed by atoms with E-state index in [9.17, 15) is 4.79 Å². The van der Waals surface area contributed by atoms with E-state index < -0.39 is 5.25 Å². The van der Waals surface area contributed by atoms with Gasteiger partial charge in [-0.25, -0.2) is 0 Å². The Bertz CT molecular complexity index is 1210. The molecule has 32 heavy (non-hydrogen) atoms. The van der Waals surface area contributed by atoms with Gasteiger partial charge in [0.2, 0.25) is 0 Å². The van der Waals surface area contributed by atoms with E-state index >= 15 is 0 Å². The van der Waals surface area contributed by atoms with Crippen molar-refractivity contribution in [2.24, 2.45) is 0 Å². The largest absolute Gasteiger partial charge is 0.496 e. The van der Waals surface area contributed by atoms with E-state index in [-0.39, 0.29) is 5.78 Å². The van der Waals surface area contributed by atoms with Crippen molar-refractivity contribution in [2.75, 3.05) is 7.11 Å². The molecule has 4 rings (SSSR count). The highest BCUT2D eigenvalue weighted by atomic mass is 32.2. The molecule has 0 N–H and O–H groups in total. The van der Waals surface area contributed by atoms with Gasteiger partial charge in [0.05, 0.1) is 12.7 Å². The Hall–Kier alpha value is -3.64. The topological polar surface area (TPSA) is 57.0 Å². The van der Waals surface area contributed by atoms with Gasteiger partial charge in [-0.1, -0.05) is 90.6 Å². The normalized spacial score (nSPS) is 11.7. The first-order valence-electron chi connectivity index (χ1n) is 10.2. The molecule has 0 radical (unpaired) electrons. The number of carbonyl (C=O) groups excluding carboxylic acids is 1. The Morgan fingerprint density at radius 3 is 2.34 bits per heavy atom. The number of nitrogens with zero attached hydrogens (tertiary/aromatic N) is 3. The molecule has 0 aliphatic carbocycles. The lowest BCUT2D eigenvalue weighted by Gasteiger charge is -2.17. The highest BCUT2D eigenvalue weighted by molar-refractivity contribution is 8.00. The van der Waals surface area contributed by atoms with Gasteiger partial charge in [0.25, 0.3) is 0 Å². The van der Waals surface area contributed by atoms with Crippen molar-refractivity contribution in [1.29, 1.82) is 0 Å². The number of carbonyl (C=O) groups is 1. The van der Waals surface area contributed by atoms with Crippen LogP contribution in [0.4, 0.5) is 0 Å². The first kappa shape index (κ1) is 21.6. The highest BCUT2D eigenvalue weighted by Gasteiger charge is 2.27. The lowest BCUT2D eigenvalue weighted by atomic mass is 10.0. The summed E-state index contributed by atoms with van der Waals surface area (Å²) < 4.78 is 7.48. The van der Waals surface area contributed by atoms with Gasteiger partial charge in [-0.2, -0.15) is 0 Å². The molecule has 1 aromatic heterocycles. The Kier molecular flexibility index (Phi) is 6.82. The summed E-state index contributed by atoms with van der Waals surface area (Å²) in [5.41, 5.74) is 2.41. The minimum Gasteiger partial charge on any atom is -0.496 e. The third-order valence-electron chi connectivity index (χ3n) is 5.00. The van der Waals surface area contributed by atoms with Crippen LogP contribution in [0.5, 0.6) is 5.75 Å². The predicted molar refractivity (Wildman–Crippen MR) is 128 cm³/mol. The second kappa shape index (κ2) is 10.1. The lowest BCUT2D eigenvalue weighted by molar-refractivity contribution is 0.0989. The van der Waals surface area contributed by atoms with Crippen LogP contribution >= 0.6 is 11.8 Å². The van der Waals surface area contributed by atoms with Crippen molar-refractivity contribution in [3.05, 3.63) is 109 Å². The summed E-state index contributed by atoms with van der Waals surface area (Å²) in [5.74, 6) is 1.40.